The first kappa shape index (κ1) is 22.5. The zero-order valence-corrected chi connectivity index (χ0v) is 18.2. The number of nitrogens with one attached hydrogen (secondary N) is 1. The number of benzene rings is 2. The van der Waals surface area contributed by atoms with Crippen LogP contribution in [-0.4, -0.2) is 46.9 Å². The fourth-order valence-corrected chi connectivity index (χ4v) is 3.58. The van der Waals surface area contributed by atoms with Crippen molar-refractivity contribution in [2.24, 2.45) is 0 Å². The second-order valence-electron chi connectivity index (χ2n) is 7.04. The quantitative estimate of drug-likeness (QED) is 0.674. The van der Waals surface area contributed by atoms with E-state index in [0.717, 1.165) is 21.7 Å². The van der Waals surface area contributed by atoms with Gasteiger partial charge in [-0.3, -0.25) is 9.10 Å². The van der Waals surface area contributed by atoms with Crippen LogP contribution in [0.5, 0.6) is 11.5 Å². The molecule has 0 bridgehead atoms. The molecule has 0 aliphatic rings. The standard InChI is InChI=1S/C21H28N2O5S/c1-15-6-9-18(10-7-15)28-14-17(3)22-21(24)13-23(29(5,25)26)19-12-16(2)8-11-20(19)27-4/h6-12,17H,13-14H2,1-5H3,(H,22,24)/t17-/m1/s1. The van der Waals surface area contributed by atoms with Crippen LogP contribution in [0.15, 0.2) is 42.5 Å². The Morgan fingerprint density at radius 3 is 2.31 bits per heavy atom. The number of hydrogen-bond acceptors (Lipinski definition) is 5. The second kappa shape index (κ2) is 9.65. The number of hydrogen-bond donors (Lipinski definition) is 1. The molecule has 0 saturated carbocycles. The molecule has 0 aromatic heterocycles. The Hall–Kier alpha value is -2.74. The molecule has 2 rings (SSSR count). The molecule has 8 heteroatoms. The number of methoxy groups -OCH3 is 1. The minimum atomic E-state index is -3.70. The maximum Gasteiger partial charge on any atom is 0.241 e. The summed E-state index contributed by atoms with van der Waals surface area (Å²) in [4.78, 5) is 12.5. The second-order valence-corrected chi connectivity index (χ2v) is 8.94. The van der Waals surface area contributed by atoms with Crippen molar-refractivity contribution in [2.75, 3.05) is 30.8 Å². The summed E-state index contributed by atoms with van der Waals surface area (Å²) in [5.41, 5.74) is 2.31. The van der Waals surface area contributed by atoms with Gasteiger partial charge < -0.3 is 14.8 Å². The highest BCUT2D eigenvalue weighted by atomic mass is 32.2. The Balaban J connectivity index is 2.05. The number of amides is 1. The van der Waals surface area contributed by atoms with Crippen molar-refractivity contribution < 1.29 is 22.7 Å². The molecule has 0 heterocycles. The molecule has 0 unspecified atom stereocenters. The first-order valence-electron chi connectivity index (χ1n) is 9.21. The van der Waals surface area contributed by atoms with E-state index < -0.39 is 15.9 Å². The summed E-state index contributed by atoms with van der Waals surface area (Å²) < 4.78 is 36.7. The minimum Gasteiger partial charge on any atom is -0.495 e. The van der Waals surface area contributed by atoms with Crippen LogP contribution < -0.4 is 19.1 Å². The van der Waals surface area contributed by atoms with Gasteiger partial charge in [-0.15, -0.1) is 0 Å². The molecule has 0 aliphatic heterocycles. The van der Waals surface area contributed by atoms with Crippen molar-refractivity contribution in [3.05, 3.63) is 53.6 Å². The zero-order valence-electron chi connectivity index (χ0n) is 17.4. The van der Waals surface area contributed by atoms with Crippen LogP contribution in [0.3, 0.4) is 0 Å². The average molecular weight is 421 g/mol. The number of nitrogens with zero attached hydrogens (tertiary/aromatic N) is 1. The van der Waals surface area contributed by atoms with E-state index in [1.54, 1.807) is 19.1 Å². The predicted molar refractivity (Wildman–Crippen MR) is 114 cm³/mol. The van der Waals surface area contributed by atoms with E-state index in [2.05, 4.69) is 5.32 Å². The van der Waals surface area contributed by atoms with Gasteiger partial charge in [-0.05, 0) is 50.6 Å². The SMILES string of the molecule is COc1ccc(C)cc1N(CC(=O)N[C@H](C)COc1ccc(C)cc1)S(C)(=O)=O. The minimum absolute atomic E-state index is 0.265. The van der Waals surface area contributed by atoms with Crippen LogP contribution >= 0.6 is 0 Å². The van der Waals surface area contributed by atoms with E-state index in [-0.39, 0.29) is 19.2 Å². The van der Waals surface area contributed by atoms with Gasteiger partial charge >= 0.3 is 0 Å². The lowest BCUT2D eigenvalue weighted by Crippen LogP contribution is -2.45. The zero-order chi connectivity index (χ0) is 21.6. The van der Waals surface area contributed by atoms with Crippen molar-refractivity contribution in [3.8, 4) is 11.5 Å². The lowest BCUT2D eigenvalue weighted by atomic mass is 10.2. The molecule has 0 aliphatic carbocycles. The summed E-state index contributed by atoms with van der Waals surface area (Å²) in [6, 6.07) is 12.5. The molecule has 2 aromatic rings. The molecule has 0 radical (unpaired) electrons. The van der Waals surface area contributed by atoms with Crippen LogP contribution in [-0.2, 0) is 14.8 Å². The van der Waals surface area contributed by atoms with Crippen molar-refractivity contribution in [1.82, 2.24) is 5.32 Å². The van der Waals surface area contributed by atoms with Gasteiger partial charge in [-0.1, -0.05) is 23.8 Å². The van der Waals surface area contributed by atoms with Crippen LogP contribution in [0.25, 0.3) is 0 Å². The van der Waals surface area contributed by atoms with Crippen molar-refractivity contribution in [1.29, 1.82) is 0 Å². The smallest absolute Gasteiger partial charge is 0.241 e. The molecule has 0 spiro atoms. The third kappa shape index (κ3) is 6.67. The summed E-state index contributed by atoms with van der Waals surface area (Å²) >= 11 is 0. The van der Waals surface area contributed by atoms with E-state index in [1.165, 1.54) is 7.11 Å². The molecule has 1 atom stereocenters. The van der Waals surface area contributed by atoms with Gasteiger partial charge in [0.2, 0.25) is 15.9 Å². The van der Waals surface area contributed by atoms with Gasteiger partial charge in [0.1, 0.15) is 24.7 Å². The van der Waals surface area contributed by atoms with Crippen LogP contribution in [0.2, 0.25) is 0 Å². The van der Waals surface area contributed by atoms with Crippen LogP contribution in [0, 0.1) is 13.8 Å². The topological polar surface area (TPSA) is 84.9 Å². The maximum absolute atomic E-state index is 12.5. The molecule has 1 amide bonds. The number of aryl methyl sites for hydroxylation is 2. The van der Waals surface area contributed by atoms with Crippen molar-refractivity contribution >= 4 is 21.6 Å². The Kier molecular flexibility index (Phi) is 7.50. The predicted octanol–water partition coefficient (Wildman–Crippen LogP) is 2.66. The van der Waals surface area contributed by atoms with E-state index in [9.17, 15) is 13.2 Å². The van der Waals surface area contributed by atoms with Gasteiger partial charge in [0.25, 0.3) is 0 Å². The highest BCUT2D eigenvalue weighted by Gasteiger charge is 2.24. The molecule has 7 nitrogen and oxygen atoms in total. The highest BCUT2D eigenvalue weighted by Crippen LogP contribution is 2.30. The molecule has 0 fully saturated rings. The van der Waals surface area contributed by atoms with Crippen molar-refractivity contribution in [2.45, 2.75) is 26.8 Å². The Bertz CT molecular complexity index is 942. The van der Waals surface area contributed by atoms with Crippen LogP contribution in [0.1, 0.15) is 18.1 Å². The lowest BCUT2D eigenvalue weighted by Gasteiger charge is -2.25. The number of rotatable bonds is 9. The van der Waals surface area contributed by atoms with E-state index in [4.69, 9.17) is 9.47 Å². The average Bonchev–Trinajstić information content (AvgIpc) is 2.64. The van der Waals surface area contributed by atoms with Crippen LogP contribution in [0.4, 0.5) is 5.69 Å². The van der Waals surface area contributed by atoms with E-state index >= 15 is 0 Å². The van der Waals surface area contributed by atoms with E-state index in [0.29, 0.717) is 17.2 Å². The molecule has 2 aromatic carbocycles. The molecule has 29 heavy (non-hydrogen) atoms. The fraction of sp³-hybridized carbons (Fsp3) is 0.381. The van der Waals surface area contributed by atoms with Crippen molar-refractivity contribution in [3.63, 3.8) is 0 Å². The molecule has 1 N–H and O–H groups in total. The number of sulfonamides is 1. The molecular formula is C21H28N2O5S. The molecule has 158 valence electrons. The Morgan fingerprint density at radius 1 is 1.10 bits per heavy atom. The third-order valence-electron chi connectivity index (χ3n) is 4.22. The maximum atomic E-state index is 12.5. The van der Waals surface area contributed by atoms with E-state index in [1.807, 2.05) is 44.2 Å². The third-order valence-corrected chi connectivity index (χ3v) is 5.35. The number of anilines is 1. The number of ether oxygens (including phenoxy) is 2. The summed E-state index contributed by atoms with van der Waals surface area (Å²) in [5.74, 6) is 0.655. The summed E-state index contributed by atoms with van der Waals surface area (Å²) in [5, 5.41) is 2.78. The molecule has 0 saturated heterocycles. The highest BCUT2D eigenvalue weighted by molar-refractivity contribution is 7.92. The monoisotopic (exact) mass is 420 g/mol. The van der Waals surface area contributed by atoms with Gasteiger partial charge in [0.05, 0.1) is 25.1 Å². The largest absolute Gasteiger partial charge is 0.495 e. The number of carbonyl (C=O) groups is 1. The number of carbonyl (C=O) groups excluding carboxylic acids is 1. The van der Waals surface area contributed by atoms with Gasteiger partial charge in [-0.2, -0.15) is 0 Å². The summed E-state index contributed by atoms with van der Waals surface area (Å²) in [6.45, 7) is 5.54. The fourth-order valence-electron chi connectivity index (χ4n) is 2.72. The first-order chi connectivity index (χ1) is 13.6. The van der Waals surface area contributed by atoms with Gasteiger partial charge in [-0.25, -0.2) is 8.42 Å². The summed E-state index contributed by atoms with van der Waals surface area (Å²) in [6.07, 6.45) is 1.06. The summed E-state index contributed by atoms with van der Waals surface area (Å²) in [7, 11) is -2.24. The molecular weight excluding hydrogens is 392 g/mol. The Labute approximate surface area is 172 Å². The Morgan fingerprint density at radius 2 is 1.72 bits per heavy atom. The first-order valence-corrected chi connectivity index (χ1v) is 11.1. The normalized spacial score (nSPS) is 12.2. The lowest BCUT2D eigenvalue weighted by molar-refractivity contribution is -0.120. The van der Waals surface area contributed by atoms with Gasteiger partial charge in [0.15, 0.2) is 0 Å². The van der Waals surface area contributed by atoms with Gasteiger partial charge in [0, 0.05) is 0 Å².